The van der Waals surface area contributed by atoms with Crippen LogP contribution in [0.2, 0.25) is 0 Å². The summed E-state index contributed by atoms with van der Waals surface area (Å²) in [4.78, 5) is 17.1. The van der Waals surface area contributed by atoms with E-state index in [1.807, 2.05) is 14.0 Å². The third-order valence-electron chi connectivity index (χ3n) is 4.56. The average Bonchev–Trinajstić information content (AvgIpc) is 2.85. The highest BCUT2D eigenvalue weighted by atomic mass is 16.5. The molecule has 2 fully saturated rings. The van der Waals surface area contributed by atoms with Crippen LogP contribution in [-0.2, 0) is 9.53 Å². The molecule has 0 spiro atoms. The number of ether oxygens (including phenoxy) is 1. The Morgan fingerprint density at radius 1 is 1.33 bits per heavy atom. The van der Waals surface area contributed by atoms with Crippen LogP contribution in [0.15, 0.2) is 0 Å². The van der Waals surface area contributed by atoms with Crippen LogP contribution in [0.3, 0.4) is 0 Å². The molecule has 0 aromatic heterocycles. The molecule has 5 nitrogen and oxygen atoms in total. The van der Waals surface area contributed by atoms with E-state index in [1.54, 1.807) is 0 Å². The van der Waals surface area contributed by atoms with Gasteiger partial charge in [0.2, 0.25) is 5.91 Å². The monoisotopic (exact) mass is 297 g/mol. The standard InChI is InChI=1S/C16H31N3O2/c1-12(8-17-4)16(20)19-7-5-6-15(19)11-18-9-13(2)21-14(3)10-18/h12-15,17H,5-11H2,1-4H3/t12-,13-,14+,15-/m0/s1. The van der Waals surface area contributed by atoms with Crippen LogP contribution in [0.1, 0.15) is 33.6 Å². The maximum atomic E-state index is 12.6. The molecular formula is C16H31N3O2. The van der Waals surface area contributed by atoms with Crippen LogP contribution in [0, 0.1) is 5.92 Å². The number of nitrogens with zero attached hydrogens (tertiary/aromatic N) is 2. The van der Waals surface area contributed by atoms with Gasteiger partial charge >= 0.3 is 0 Å². The molecule has 2 aliphatic rings. The zero-order chi connectivity index (χ0) is 15.4. The van der Waals surface area contributed by atoms with E-state index >= 15 is 0 Å². The molecule has 2 rings (SSSR count). The molecule has 0 saturated carbocycles. The summed E-state index contributed by atoms with van der Waals surface area (Å²) < 4.78 is 5.79. The van der Waals surface area contributed by atoms with E-state index < -0.39 is 0 Å². The first kappa shape index (κ1) is 16.7. The lowest BCUT2D eigenvalue weighted by Gasteiger charge is -2.38. The summed E-state index contributed by atoms with van der Waals surface area (Å²) in [5.74, 6) is 0.374. The first-order valence-corrected chi connectivity index (χ1v) is 8.34. The van der Waals surface area contributed by atoms with Crippen LogP contribution < -0.4 is 5.32 Å². The average molecular weight is 297 g/mol. The van der Waals surface area contributed by atoms with Crippen LogP contribution >= 0.6 is 0 Å². The maximum absolute atomic E-state index is 12.6. The topological polar surface area (TPSA) is 44.8 Å². The lowest BCUT2D eigenvalue weighted by Crippen LogP contribution is -2.51. The summed E-state index contributed by atoms with van der Waals surface area (Å²) in [5.41, 5.74) is 0. The van der Waals surface area contributed by atoms with Crippen molar-refractivity contribution in [1.82, 2.24) is 15.1 Å². The van der Waals surface area contributed by atoms with Crippen molar-refractivity contribution < 1.29 is 9.53 Å². The van der Waals surface area contributed by atoms with Crippen molar-refractivity contribution in [3.05, 3.63) is 0 Å². The molecule has 4 atom stereocenters. The van der Waals surface area contributed by atoms with Gasteiger partial charge in [-0.25, -0.2) is 0 Å². The van der Waals surface area contributed by atoms with Crippen molar-refractivity contribution in [1.29, 1.82) is 0 Å². The van der Waals surface area contributed by atoms with Gasteiger partial charge in [-0.2, -0.15) is 0 Å². The van der Waals surface area contributed by atoms with E-state index in [9.17, 15) is 4.79 Å². The number of morpholine rings is 1. The van der Waals surface area contributed by atoms with Gasteiger partial charge in [0.05, 0.1) is 12.2 Å². The van der Waals surface area contributed by atoms with Gasteiger partial charge in [0.25, 0.3) is 0 Å². The van der Waals surface area contributed by atoms with Crippen molar-refractivity contribution in [2.24, 2.45) is 5.92 Å². The molecule has 21 heavy (non-hydrogen) atoms. The number of likely N-dealkylation sites (tertiary alicyclic amines) is 1. The van der Waals surface area contributed by atoms with Gasteiger partial charge in [-0.1, -0.05) is 6.92 Å². The Hall–Kier alpha value is -0.650. The van der Waals surface area contributed by atoms with Crippen molar-refractivity contribution >= 4 is 5.91 Å². The van der Waals surface area contributed by atoms with Crippen molar-refractivity contribution in [3.8, 4) is 0 Å². The number of carbonyl (C=O) groups is 1. The molecule has 2 saturated heterocycles. The minimum atomic E-state index is 0.0677. The second-order valence-electron chi connectivity index (χ2n) is 6.76. The highest BCUT2D eigenvalue weighted by Gasteiger charge is 2.33. The van der Waals surface area contributed by atoms with E-state index in [2.05, 4.69) is 29.0 Å². The van der Waals surface area contributed by atoms with E-state index in [-0.39, 0.29) is 5.92 Å². The van der Waals surface area contributed by atoms with E-state index in [4.69, 9.17) is 4.74 Å². The summed E-state index contributed by atoms with van der Waals surface area (Å²) in [7, 11) is 1.90. The van der Waals surface area contributed by atoms with Crippen LogP contribution in [-0.4, -0.2) is 73.7 Å². The third-order valence-corrected chi connectivity index (χ3v) is 4.56. The van der Waals surface area contributed by atoms with Crippen LogP contribution in [0.4, 0.5) is 0 Å². The summed E-state index contributed by atoms with van der Waals surface area (Å²) in [6, 6.07) is 0.384. The fourth-order valence-corrected chi connectivity index (χ4v) is 3.72. The summed E-state index contributed by atoms with van der Waals surface area (Å²) in [6.45, 7) is 10.9. The predicted molar refractivity (Wildman–Crippen MR) is 84.3 cm³/mol. The van der Waals surface area contributed by atoms with Gasteiger partial charge in [-0.15, -0.1) is 0 Å². The van der Waals surface area contributed by atoms with Gasteiger partial charge in [-0.3, -0.25) is 9.69 Å². The number of carbonyl (C=O) groups excluding carboxylic acids is 1. The molecule has 5 heteroatoms. The molecule has 0 aromatic carbocycles. The van der Waals surface area contributed by atoms with Crippen molar-refractivity contribution in [3.63, 3.8) is 0 Å². The number of amides is 1. The minimum absolute atomic E-state index is 0.0677. The number of hydrogen-bond acceptors (Lipinski definition) is 4. The SMILES string of the molecule is CNC[C@H](C)C(=O)N1CCC[C@H]1CN1C[C@@H](C)O[C@@H](C)C1. The lowest BCUT2D eigenvalue weighted by molar-refractivity contribution is -0.136. The van der Waals surface area contributed by atoms with Crippen LogP contribution in [0.5, 0.6) is 0 Å². The molecule has 0 bridgehead atoms. The Balaban J connectivity index is 1.91. The van der Waals surface area contributed by atoms with Gasteiger partial charge in [0.1, 0.15) is 0 Å². The Morgan fingerprint density at radius 2 is 2.00 bits per heavy atom. The smallest absolute Gasteiger partial charge is 0.226 e. The molecule has 0 aliphatic carbocycles. The molecule has 0 radical (unpaired) electrons. The Kier molecular flexibility index (Phi) is 6.02. The molecule has 1 N–H and O–H groups in total. The maximum Gasteiger partial charge on any atom is 0.226 e. The number of hydrogen-bond donors (Lipinski definition) is 1. The normalized spacial score (nSPS) is 32.4. The van der Waals surface area contributed by atoms with Crippen LogP contribution in [0.25, 0.3) is 0 Å². The second kappa shape index (κ2) is 7.56. The Morgan fingerprint density at radius 3 is 2.62 bits per heavy atom. The second-order valence-corrected chi connectivity index (χ2v) is 6.76. The highest BCUT2D eigenvalue weighted by molar-refractivity contribution is 5.79. The van der Waals surface area contributed by atoms with Gasteiger partial charge in [0.15, 0.2) is 0 Å². The quantitative estimate of drug-likeness (QED) is 0.820. The molecule has 122 valence electrons. The number of rotatable bonds is 5. The first-order valence-electron chi connectivity index (χ1n) is 8.34. The molecule has 2 heterocycles. The van der Waals surface area contributed by atoms with E-state index in [1.165, 1.54) is 0 Å². The fraction of sp³-hybridized carbons (Fsp3) is 0.938. The number of nitrogens with one attached hydrogen (secondary N) is 1. The van der Waals surface area contributed by atoms with Crippen molar-refractivity contribution in [2.45, 2.75) is 51.9 Å². The molecule has 0 unspecified atom stereocenters. The van der Waals surface area contributed by atoms with E-state index in [0.29, 0.717) is 24.2 Å². The predicted octanol–water partition coefficient (Wildman–Crippen LogP) is 0.942. The third kappa shape index (κ3) is 4.41. The van der Waals surface area contributed by atoms with E-state index in [0.717, 1.165) is 45.6 Å². The van der Waals surface area contributed by atoms with Crippen molar-refractivity contribution in [2.75, 3.05) is 39.8 Å². The molecule has 0 aromatic rings. The van der Waals surface area contributed by atoms with Gasteiger partial charge < -0.3 is 15.0 Å². The molecular weight excluding hydrogens is 266 g/mol. The molecule has 1 amide bonds. The molecule has 2 aliphatic heterocycles. The summed E-state index contributed by atoms with van der Waals surface area (Å²) in [6.07, 6.45) is 2.86. The lowest BCUT2D eigenvalue weighted by atomic mass is 10.1. The first-order chi connectivity index (χ1) is 10.0. The Labute approximate surface area is 129 Å². The summed E-state index contributed by atoms with van der Waals surface area (Å²) in [5, 5.41) is 3.11. The fourth-order valence-electron chi connectivity index (χ4n) is 3.72. The zero-order valence-corrected chi connectivity index (χ0v) is 14.0. The largest absolute Gasteiger partial charge is 0.373 e. The minimum Gasteiger partial charge on any atom is -0.373 e. The summed E-state index contributed by atoms with van der Waals surface area (Å²) >= 11 is 0. The highest BCUT2D eigenvalue weighted by Crippen LogP contribution is 2.22. The zero-order valence-electron chi connectivity index (χ0n) is 14.0. The Bertz CT molecular complexity index is 340. The van der Waals surface area contributed by atoms with Gasteiger partial charge in [0, 0.05) is 44.7 Å². The van der Waals surface area contributed by atoms with Gasteiger partial charge in [-0.05, 0) is 33.7 Å².